The van der Waals surface area contributed by atoms with Crippen LogP contribution in [0.3, 0.4) is 0 Å². The third-order valence-electron chi connectivity index (χ3n) is 4.76. The molecule has 6 nitrogen and oxygen atoms in total. The molecule has 0 unspecified atom stereocenters. The molecule has 0 spiro atoms. The largest absolute Gasteiger partial charge is 0.477 e. The van der Waals surface area contributed by atoms with Crippen LogP contribution in [0.25, 0.3) is 16.8 Å². The zero-order valence-electron chi connectivity index (χ0n) is 15.9. The number of aromatic nitrogens is 3. The van der Waals surface area contributed by atoms with E-state index < -0.39 is 5.97 Å². The molecule has 0 aliphatic rings. The summed E-state index contributed by atoms with van der Waals surface area (Å²) in [5.74, 6) is -0.529. The summed E-state index contributed by atoms with van der Waals surface area (Å²) < 4.78 is 1.68. The predicted octanol–water partition coefficient (Wildman–Crippen LogP) is 4.76. The Morgan fingerprint density at radius 2 is 1.64 bits per heavy atom. The first-order valence-corrected chi connectivity index (χ1v) is 8.98. The van der Waals surface area contributed by atoms with Crippen LogP contribution in [-0.2, 0) is 0 Å². The second-order valence-electron chi connectivity index (χ2n) is 6.79. The summed E-state index contributed by atoms with van der Waals surface area (Å²) >= 11 is 0. The number of nitrogens with one attached hydrogen (secondary N) is 1. The molecule has 2 N–H and O–H groups in total. The third kappa shape index (κ3) is 2.99. The van der Waals surface area contributed by atoms with Crippen LogP contribution in [0.15, 0.2) is 54.6 Å². The van der Waals surface area contributed by atoms with E-state index in [1.54, 1.807) is 4.52 Å². The quantitative estimate of drug-likeness (QED) is 0.540. The molecule has 4 rings (SSSR count). The Morgan fingerprint density at radius 3 is 2.29 bits per heavy atom. The van der Waals surface area contributed by atoms with Crippen LogP contribution in [0.4, 0.5) is 11.5 Å². The van der Waals surface area contributed by atoms with Crippen molar-refractivity contribution in [3.8, 4) is 11.1 Å². The van der Waals surface area contributed by atoms with Gasteiger partial charge in [-0.15, -0.1) is 0 Å². The Bertz CT molecular complexity index is 1180. The van der Waals surface area contributed by atoms with E-state index in [0.29, 0.717) is 11.5 Å². The lowest BCUT2D eigenvalue weighted by atomic mass is 9.96. The number of fused-ring (bicyclic) bond motifs is 1. The molecule has 0 saturated carbocycles. The van der Waals surface area contributed by atoms with Gasteiger partial charge in [0.2, 0.25) is 0 Å². The molecule has 6 heteroatoms. The number of aryl methyl sites for hydroxylation is 3. The van der Waals surface area contributed by atoms with Crippen molar-refractivity contribution >= 4 is 23.1 Å². The average molecular weight is 372 g/mol. The molecule has 0 atom stereocenters. The first-order chi connectivity index (χ1) is 13.5. The molecule has 28 heavy (non-hydrogen) atoms. The van der Waals surface area contributed by atoms with Gasteiger partial charge in [0.05, 0.1) is 11.3 Å². The minimum atomic E-state index is -1.08. The fraction of sp³-hybridized carbons (Fsp3) is 0.136. The highest BCUT2D eigenvalue weighted by atomic mass is 16.4. The van der Waals surface area contributed by atoms with E-state index in [1.807, 2.05) is 69.3 Å². The molecule has 2 heterocycles. The van der Waals surface area contributed by atoms with Gasteiger partial charge in [0, 0.05) is 11.8 Å². The zero-order valence-corrected chi connectivity index (χ0v) is 15.9. The number of carbonyl (C=O) groups is 1. The van der Waals surface area contributed by atoms with Crippen LogP contribution in [-0.4, -0.2) is 25.7 Å². The number of nitrogens with zero attached hydrogens (tertiary/aromatic N) is 3. The van der Waals surface area contributed by atoms with Gasteiger partial charge in [-0.2, -0.15) is 9.61 Å². The Morgan fingerprint density at radius 1 is 0.964 bits per heavy atom. The lowest BCUT2D eigenvalue weighted by Gasteiger charge is -2.11. The first-order valence-electron chi connectivity index (χ1n) is 8.98. The van der Waals surface area contributed by atoms with E-state index in [0.717, 1.165) is 33.6 Å². The van der Waals surface area contributed by atoms with Gasteiger partial charge in [0.1, 0.15) is 5.82 Å². The number of para-hydroxylation sites is 1. The molecular weight excluding hydrogens is 352 g/mol. The van der Waals surface area contributed by atoms with Crippen molar-refractivity contribution in [2.24, 2.45) is 0 Å². The van der Waals surface area contributed by atoms with Crippen molar-refractivity contribution in [3.63, 3.8) is 0 Å². The highest BCUT2D eigenvalue weighted by Crippen LogP contribution is 2.34. The van der Waals surface area contributed by atoms with E-state index in [-0.39, 0.29) is 5.69 Å². The molecule has 2 aromatic carbocycles. The SMILES string of the molecule is Cc1cccc(C)c1-c1c(C)nn2c(Nc3ccccc3)cc(C(=O)O)nc12. The normalized spacial score (nSPS) is 11.0. The van der Waals surface area contributed by atoms with Gasteiger partial charge in [0.15, 0.2) is 11.3 Å². The van der Waals surface area contributed by atoms with Crippen LogP contribution in [0, 0.1) is 20.8 Å². The van der Waals surface area contributed by atoms with Gasteiger partial charge in [-0.3, -0.25) is 0 Å². The van der Waals surface area contributed by atoms with E-state index in [4.69, 9.17) is 0 Å². The minimum Gasteiger partial charge on any atom is -0.477 e. The van der Waals surface area contributed by atoms with Crippen molar-refractivity contribution in [1.29, 1.82) is 0 Å². The number of carboxylic acid groups (broad SMARTS) is 1. The number of benzene rings is 2. The first kappa shape index (κ1) is 17.7. The van der Waals surface area contributed by atoms with Crippen LogP contribution in [0.2, 0.25) is 0 Å². The number of hydrogen-bond donors (Lipinski definition) is 2. The van der Waals surface area contributed by atoms with E-state index >= 15 is 0 Å². The molecule has 0 amide bonds. The topological polar surface area (TPSA) is 79.5 Å². The standard InChI is InChI=1S/C22H20N4O2/c1-13-8-7-9-14(2)19(13)20-15(3)25-26-18(23-16-10-5-4-6-11-16)12-17(22(27)28)24-21(20)26/h4-12,23H,1-3H3,(H,27,28). The number of aromatic carboxylic acids is 1. The highest BCUT2D eigenvalue weighted by Gasteiger charge is 2.21. The fourth-order valence-corrected chi connectivity index (χ4v) is 3.49. The molecule has 0 saturated heterocycles. The number of hydrogen-bond acceptors (Lipinski definition) is 4. The van der Waals surface area contributed by atoms with E-state index in [1.165, 1.54) is 6.07 Å². The second-order valence-corrected chi connectivity index (χ2v) is 6.79. The van der Waals surface area contributed by atoms with Crippen molar-refractivity contribution in [2.45, 2.75) is 20.8 Å². The maximum Gasteiger partial charge on any atom is 0.354 e. The summed E-state index contributed by atoms with van der Waals surface area (Å²) in [5, 5.41) is 17.5. The van der Waals surface area contributed by atoms with Gasteiger partial charge in [0.25, 0.3) is 0 Å². The van der Waals surface area contributed by atoms with Gasteiger partial charge < -0.3 is 10.4 Å². The molecule has 2 aromatic heterocycles. The summed E-state index contributed by atoms with van der Waals surface area (Å²) in [6.45, 7) is 5.99. The third-order valence-corrected chi connectivity index (χ3v) is 4.76. The molecule has 0 aliphatic heterocycles. The van der Waals surface area contributed by atoms with Crippen LogP contribution in [0.1, 0.15) is 27.3 Å². The van der Waals surface area contributed by atoms with E-state index in [2.05, 4.69) is 15.4 Å². The Hall–Kier alpha value is -3.67. The fourth-order valence-electron chi connectivity index (χ4n) is 3.49. The maximum absolute atomic E-state index is 11.7. The molecule has 0 bridgehead atoms. The summed E-state index contributed by atoms with van der Waals surface area (Å²) in [5.41, 5.74) is 6.21. The molecule has 0 fully saturated rings. The molecular formula is C22H20N4O2. The molecule has 0 aliphatic carbocycles. The second kappa shape index (κ2) is 6.81. The number of anilines is 2. The number of carboxylic acids is 1. The minimum absolute atomic E-state index is 0.0293. The Kier molecular flexibility index (Phi) is 4.31. The summed E-state index contributed by atoms with van der Waals surface area (Å²) in [6, 6.07) is 17.2. The van der Waals surface area contributed by atoms with Crippen molar-refractivity contribution < 1.29 is 9.90 Å². The molecule has 0 radical (unpaired) electrons. The van der Waals surface area contributed by atoms with Gasteiger partial charge in [-0.25, -0.2) is 9.78 Å². The summed E-state index contributed by atoms with van der Waals surface area (Å²) in [6.07, 6.45) is 0. The van der Waals surface area contributed by atoms with Crippen molar-refractivity contribution in [1.82, 2.24) is 14.6 Å². The smallest absolute Gasteiger partial charge is 0.354 e. The summed E-state index contributed by atoms with van der Waals surface area (Å²) in [4.78, 5) is 16.1. The van der Waals surface area contributed by atoms with Crippen LogP contribution in [0.5, 0.6) is 0 Å². The van der Waals surface area contributed by atoms with Crippen molar-refractivity contribution in [2.75, 3.05) is 5.32 Å². The average Bonchev–Trinajstić information content (AvgIpc) is 2.99. The lowest BCUT2D eigenvalue weighted by molar-refractivity contribution is 0.0690. The Labute approximate surface area is 162 Å². The molecule has 4 aromatic rings. The van der Waals surface area contributed by atoms with Gasteiger partial charge in [-0.1, -0.05) is 36.4 Å². The van der Waals surface area contributed by atoms with Gasteiger partial charge >= 0.3 is 5.97 Å². The van der Waals surface area contributed by atoms with Crippen molar-refractivity contribution in [3.05, 3.63) is 77.1 Å². The van der Waals surface area contributed by atoms with Gasteiger partial charge in [-0.05, 0) is 49.6 Å². The highest BCUT2D eigenvalue weighted by molar-refractivity contribution is 5.90. The Balaban J connectivity index is 2.01. The maximum atomic E-state index is 11.7. The predicted molar refractivity (Wildman–Crippen MR) is 109 cm³/mol. The zero-order chi connectivity index (χ0) is 19.8. The molecule has 140 valence electrons. The summed E-state index contributed by atoms with van der Waals surface area (Å²) in [7, 11) is 0. The monoisotopic (exact) mass is 372 g/mol. The lowest BCUT2D eigenvalue weighted by Crippen LogP contribution is -2.07. The van der Waals surface area contributed by atoms with E-state index in [9.17, 15) is 9.90 Å². The van der Waals surface area contributed by atoms with Crippen LogP contribution >= 0.6 is 0 Å². The number of rotatable bonds is 4. The van der Waals surface area contributed by atoms with Crippen LogP contribution < -0.4 is 5.32 Å².